The molecule has 1 aromatic carbocycles. The number of rotatable bonds is 8. The first kappa shape index (κ1) is 22.2. The molecule has 3 rings (SSSR count). The Morgan fingerprint density at radius 1 is 1.03 bits per heavy atom. The number of aromatic nitrogens is 1. The Labute approximate surface area is 184 Å². The van der Waals surface area contributed by atoms with Crippen molar-refractivity contribution in [2.24, 2.45) is 0 Å². The number of non-ortho nitro benzene ring substituents is 1. The van der Waals surface area contributed by atoms with Crippen molar-refractivity contribution in [1.82, 2.24) is 4.98 Å². The van der Waals surface area contributed by atoms with Crippen LogP contribution in [0.4, 0.5) is 11.4 Å². The summed E-state index contributed by atoms with van der Waals surface area (Å²) < 4.78 is 5.28. The van der Waals surface area contributed by atoms with Crippen LogP contribution in [0.15, 0.2) is 82.4 Å². The molecule has 0 saturated heterocycles. The Kier molecular flexibility index (Phi) is 7.57. The molecule has 9 nitrogen and oxygen atoms in total. The smallest absolute Gasteiger partial charge is 0.338 e. The zero-order chi connectivity index (χ0) is 22.2. The molecule has 0 atom stereocenters. The third kappa shape index (κ3) is 6.27. The number of hydrogen-bond donors (Lipinski definition) is 0. The summed E-state index contributed by atoms with van der Waals surface area (Å²) in [7, 11) is 2.55. The predicted octanol–water partition coefficient (Wildman–Crippen LogP) is 5.27. The van der Waals surface area contributed by atoms with Crippen LogP contribution in [0.25, 0.3) is 0 Å². The Morgan fingerprint density at radius 3 is 2.52 bits per heavy atom. The second-order valence-electron chi connectivity index (χ2n) is 6.09. The molecule has 2 aromatic rings. The van der Waals surface area contributed by atoms with Gasteiger partial charge in [-0.1, -0.05) is 29.0 Å². The lowest BCUT2D eigenvalue weighted by atomic mass is 10.2. The SMILES string of the molecule is O=C(OCC1=CCC=C(SSc2ncccc2[N+](=O)[O-])C=C1)c1ccc([N+](=O)[O-])cc1. The first-order valence-electron chi connectivity index (χ1n) is 8.87. The van der Waals surface area contributed by atoms with E-state index in [1.54, 1.807) is 0 Å². The molecule has 0 spiro atoms. The van der Waals surface area contributed by atoms with Crippen molar-refractivity contribution in [2.75, 3.05) is 6.61 Å². The fraction of sp³-hybridized carbons (Fsp3) is 0.100. The largest absolute Gasteiger partial charge is 0.457 e. The van der Waals surface area contributed by atoms with Crippen LogP contribution in [-0.2, 0) is 4.74 Å². The van der Waals surface area contributed by atoms with Gasteiger partial charge in [0.1, 0.15) is 6.61 Å². The van der Waals surface area contributed by atoms with E-state index in [1.165, 1.54) is 64.2 Å². The number of esters is 1. The van der Waals surface area contributed by atoms with Gasteiger partial charge in [-0.3, -0.25) is 20.2 Å². The van der Waals surface area contributed by atoms with Crippen LogP contribution in [0, 0.1) is 20.2 Å². The summed E-state index contributed by atoms with van der Waals surface area (Å²) in [5, 5.41) is 22.1. The first-order chi connectivity index (χ1) is 14.9. The molecule has 1 heterocycles. The van der Waals surface area contributed by atoms with Crippen molar-refractivity contribution >= 4 is 38.9 Å². The van der Waals surface area contributed by atoms with Crippen molar-refractivity contribution in [3.05, 3.63) is 103 Å². The van der Waals surface area contributed by atoms with Gasteiger partial charge in [0.05, 0.1) is 15.4 Å². The van der Waals surface area contributed by atoms with Crippen LogP contribution in [0.5, 0.6) is 0 Å². The molecule has 1 aliphatic rings. The van der Waals surface area contributed by atoms with E-state index in [0.717, 1.165) is 10.5 Å². The topological polar surface area (TPSA) is 125 Å². The minimum atomic E-state index is -0.575. The number of nitrogens with zero attached hydrogens (tertiary/aromatic N) is 3. The fourth-order valence-corrected chi connectivity index (χ4v) is 4.52. The summed E-state index contributed by atoms with van der Waals surface area (Å²) in [4.78, 5) is 37.8. The highest BCUT2D eigenvalue weighted by atomic mass is 33.1. The normalized spacial score (nSPS) is 13.0. The van der Waals surface area contributed by atoms with E-state index in [1.807, 2.05) is 24.3 Å². The van der Waals surface area contributed by atoms with Gasteiger partial charge < -0.3 is 4.74 Å². The summed E-state index contributed by atoms with van der Waals surface area (Å²) in [5.41, 5.74) is 0.869. The maximum absolute atomic E-state index is 12.1. The molecule has 0 saturated carbocycles. The van der Waals surface area contributed by atoms with Crippen LogP contribution in [0.3, 0.4) is 0 Å². The van der Waals surface area contributed by atoms with Gasteiger partial charge in [0.15, 0.2) is 5.03 Å². The number of pyridine rings is 1. The molecule has 11 heteroatoms. The lowest BCUT2D eigenvalue weighted by molar-refractivity contribution is -0.388. The maximum atomic E-state index is 12.1. The van der Waals surface area contributed by atoms with E-state index in [0.29, 0.717) is 11.4 Å². The molecule has 0 bridgehead atoms. The van der Waals surface area contributed by atoms with E-state index in [4.69, 9.17) is 4.74 Å². The van der Waals surface area contributed by atoms with Gasteiger partial charge in [-0.2, -0.15) is 0 Å². The average Bonchev–Trinajstić information content (AvgIpc) is 3.01. The third-order valence-corrected chi connectivity index (χ3v) is 6.36. The number of benzene rings is 1. The van der Waals surface area contributed by atoms with Crippen LogP contribution >= 0.6 is 21.6 Å². The Balaban J connectivity index is 1.53. The molecule has 1 aliphatic carbocycles. The van der Waals surface area contributed by atoms with Crippen molar-refractivity contribution in [3.63, 3.8) is 0 Å². The molecule has 0 unspecified atom stereocenters. The average molecular weight is 457 g/mol. The van der Waals surface area contributed by atoms with Crippen LogP contribution in [0.2, 0.25) is 0 Å². The number of allylic oxidation sites excluding steroid dienone is 3. The summed E-state index contributed by atoms with van der Waals surface area (Å²) in [6, 6.07) is 8.12. The van der Waals surface area contributed by atoms with E-state index in [-0.39, 0.29) is 23.5 Å². The van der Waals surface area contributed by atoms with Crippen molar-refractivity contribution in [1.29, 1.82) is 0 Å². The zero-order valence-corrected chi connectivity index (χ0v) is 17.5. The zero-order valence-electron chi connectivity index (χ0n) is 15.9. The summed E-state index contributed by atoms with van der Waals surface area (Å²) >= 11 is 0. The molecule has 0 fully saturated rings. The molecule has 158 valence electrons. The fourth-order valence-electron chi connectivity index (χ4n) is 2.45. The van der Waals surface area contributed by atoms with Crippen molar-refractivity contribution < 1.29 is 19.4 Å². The summed E-state index contributed by atoms with van der Waals surface area (Å²) in [5.74, 6) is -0.575. The number of nitro groups is 2. The Morgan fingerprint density at radius 2 is 1.81 bits per heavy atom. The standard InChI is InChI=1S/C20H15N3O6S2/c24-20(15-7-9-16(10-8-15)22(25)26)29-13-14-3-1-4-17(11-6-14)30-31-19-18(23(27)28)5-2-12-21-19/h2-12H,1,13H2. The monoisotopic (exact) mass is 457 g/mol. The molecular weight excluding hydrogens is 442 g/mol. The Bertz CT molecular complexity index is 1100. The summed E-state index contributed by atoms with van der Waals surface area (Å²) in [6.07, 6.45) is 9.61. The molecule has 0 aliphatic heterocycles. The lowest BCUT2D eigenvalue weighted by Gasteiger charge is -2.05. The molecule has 0 radical (unpaired) electrons. The predicted molar refractivity (Wildman–Crippen MR) is 118 cm³/mol. The second kappa shape index (κ2) is 10.5. The van der Waals surface area contributed by atoms with E-state index >= 15 is 0 Å². The highest BCUT2D eigenvalue weighted by Crippen LogP contribution is 2.40. The van der Waals surface area contributed by atoms with E-state index < -0.39 is 15.8 Å². The number of carbonyl (C=O) groups excluding carboxylic acids is 1. The van der Waals surface area contributed by atoms with Gasteiger partial charge >= 0.3 is 11.7 Å². The molecule has 0 N–H and O–H groups in total. The third-order valence-electron chi connectivity index (χ3n) is 4.01. The second-order valence-corrected chi connectivity index (χ2v) is 8.28. The van der Waals surface area contributed by atoms with Crippen LogP contribution in [0.1, 0.15) is 16.8 Å². The number of nitro benzene ring substituents is 1. The Hall–Kier alpha value is -3.44. The number of ether oxygens (including phenoxy) is 1. The number of hydrogen-bond acceptors (Lipinski definition) is 9. The van der Waals surface area contributed by atoms with Gasteiger partial charge in [0.2, 0.25) is 0 Å². The highest BCUT2D eigenvalue weighted by Gasteiger charge is 2.16. The van der Waals surface area contributed by atoms with Crippen molar-refractivity contribution in [3.8, 4) is 0 Å². The van der Waals surface area contributed by atoms with Gasteiger partial charge in [-0.05, 0) is 47.1 Å². The van der Waals surface area contributed by atoms with Gasteiger partial charge in [-0.15, -0.1) is 0 Å². The molecule has 31 heavy (non-hydrogen) atoms. The van der Waals surface area contributed by atoms with Gasteiger partial charge in [0.25, 0.3) is 5.69 Å². The van der Waals surface area contributed by atoms with Crippen molar-refractivity contribution in [2.45, 2.75) is 11.4 Å². The minimum absolute atomic E-state index is 0.0461. The van der Waals surface area contributed by atoms with Gasteiger partial charge in [-0.25, -0.2) is 9.78 Å². The maximum Gasteiger partial charge on any atom is 0.338 e. The van der Waals surface area contributed by atoms with Gasteiger partial charge in [0, 0.05) is 29.3 Å². The number of carbonyl (C=O) groups is 1. The van der Waals surface area contributed by atoms with Crippen LogP contribution < -0.4 is 0 Å². The molecule has 1 aromatic heterocycles. The minimum Gasteiger partial charge on any atom is -0.457 e. The lowest BCUT2D eigenvalue weighted by Crippen LogP contribution is -2.07. The quantitative estimate of drug-likeness (QED) is 0.226. The molecule has 0 amide bonds. The van der Waals surface area contributed by atoms with E-state index in [9.17, 15) is 25.0 Å². The highest BCUT2D eigenvalue weighted by molar-refractivity contribution is 8.78. The first-order valence-corrected chi connectivity index (χ1v) is 11.0. The molecular formula is C20H15N3O6S2. The summed E-state index contributed by atoms with van der Waals surface area (Å²) in [6.45, 7) is 0.0525. The van der Waals surface area contributed by atoms with E-state index in [2.05, 4.69) is 4.98 Å². The van der Waals surface area contributed by atoms with Crippen LogP contribution in [-0.4, -0.2) is 27.4 Å².